The van der Waals surface area contributed by atoms with Crippen LogP contribution in [0.15, 0.2) is 0 Å². The average Bonchev–Trinajstić information content (AvgIpc) is 2.02. The SMILES string of the molecule is CCC(C(=O)OC(=O)CN)C(C)(C)C. The van der Waals surface area contributed by atoms with E-state index in [1.165, 1.54) is 0 Å². The Morgan fingerprint density at radius 3 is 2.14 bits per heavy atom. The van der Waals surface area contributed by atoms with Crippen LogP contribution in [0.4, 0.5) is 0 Å². The van der Waals surface area contributed by atoms with Crippen LogP contribution < -0.4 is 5.73 Å². The zero-order valence-electron chi connectivity index (χ0n) is 9.29. The first kappa shape index (κ1) is 13.1. The fourth-order valence-corrected chi connectivity index (χ4v) is 1.36. The lowest BCUT2D eigenvalue weighted by Crippen LogP contribution is -2.32. The summed E-state index contributed by atoms with van der Waals surface area (Å²) in [6, 6.07) is 0. The molecule has 4 nitrogen and oxygen atoms in total. The van der Waals surface area contributed by atoms with Crippen LogP contribution in [0.5, 0.6) is 0 Å². The summed E-state index contributed by atoms with van der Waals surface area (Å²) >= 11 is 0. The van der Waals surface area contributed by atoms with Crippen molar-refractivity contribution in [3.05, 3.63) is 0 Å². The second kappa shape index (κ2) is 5.10. The molecule has 0 saturated carbocycles. The minimum absolute atomic E-state index is 0.194. The molecule has 0 aromatic carbocycles. The Labute approximate surface area is 84.8 Å². The van der Waals surface area contributed by atoms with Gasteiger partial charge in [-0.2, -0.15) is 0 Å². The van der Waals surface area contributed by atoms with Gasteiger partial charge in [0.05, 0.1) is 12.5 Å². The number of hydrogen-bond donors (Lipinski definition) is 1. The predicted octanol–water partition coefficient (Wildman–Crippen LogP) is 1.09. The molecule has 4 heteroatoms. The topological polar surface area (TPSA) is 69.4 Å². The summed E-state index contributed by atoms with van der Waals surface area (Å²) in [5.74, 6) is -1.41. The number of carbonyl (C=O) groups is 2. The van der Waals surface area contributed by atoms with Gasteiger partial charge in [-0.3, -0.25) is 9.59 Å². The van der Waals surface area contributed by atoms with Gasteiger partial charge in [0.15, 0.2) is 0 Å². The van der Waals surface area contributed by atoms with E-state index < -0.39 is 11.9 Å². The van der Waals surface area contributed by atoms with Crippen LogP contribution in [0, 0.1) is 11.3 Å². The highest BCUT2D eigenvalue weighted by Gasteiger charge is 2.31. The summed E-state index contributed by atoms with van der Waals surface area (Å²) in [5.41, 5.74) is 4.85. The van der Waals surface area contributed by atoms with Crippen LogP contribution in [0.3, 0.4) is 0 Å². The summed E-state index contributed by atoms with van der Waals surface area (Å²) in [7, 11) is 0. The lowest BCUT2D eigenvalue weighted by molar-refractivity contribution is -0.164. The molecule has 0 saturated heterocycles. The molecule has 0 rings (SSSR count). The molecule has 0 spiro atoms. The quantitative estimate of drug-likeness (QED) is 0.548. The minimum Gasteiger partial charge on any atom is -0.392 e. The molecule has 0 aromatic rings. The standard InChI is InChI=1S/C10H19NO3/c1-5-7(10(2,3)4)9(13)14-8(12)6-11/h7H,5-6,11H2,1-4H3. The third kappa shape index (κ3) is 3.87. The number of hydrogen-bond acceptors (Lipinski definition) is 4. The molecule has 0 aliphatic carbocycles. The average molecular weight is 201 g/mol. The van der Waals surface area contributed by atoms with E-state index in [0.29, 0.717) is 6.42 Å². The van der Waals surface area contributed by atoms with Crippen LogP contribution in [-0.2, 0) is 14.3 Å². The first-order chi connectivity index (χ1) is 6.32. The second-order valence-electron chi connectivity index (χ2n) is 4.32. The van der Waals surface area contributed by atoms with Crippen molar-refractivity contribution in [2.45, 2.75) is 34.1 Å². The Kier molecular flexibility index (Phi) is 4.77. The Hall–Kier alpha value is -0.900. The maximum atomic E-state index is 11.5. The third-order valence-corrected chi connectivity index (χ3v) is 2.12. The highest BCUT2D eigenvalue weighted by atomic mass is 16.6. The number of carbonyl (C=O) groups excluding carboxylic acids is 2. The lowest BCUT2D eigenvalue weighted by atomic mass is 9.79. The molecule has 1 unspecified atom stereocenters. The van der Waals surface area contributed by atoms with E-state index in [-0.39, 0.29) is 17.9 Å². The molecule has 0 radical (unpaired) electrons. The minimum atomic E-state index is -0.669. The van der Waals surface area contributed by atoms with Crippen molar-refractivity contribution in [3.63, 3.8) is 0 Å². The van der Waals surface area contributed by atoms with Crippen molar-refractivity contribution >= 4 is 11.9 Å². The number of esters is 2. The van der Waals surface area contributed by atoms with Crippen molar-refractivity contribution in [1.29, 1.82) is 0 Å². The Balaban J connectivity index is 4.41. The maximum absolute atomic E-state index is 11.5. The zero-order chi connectivity index (χ0) is 11.4. The van der Waals surface area contributed by atoms with Crippen molar-refractivity contribution in [2.75, 3.05) is 6.54 Å². The first-order valence-corrected chi connectivity index (χ1v) is 4.77. The Morgan fingerprint density at radius 1 is 1.36 bits per heavy atom. The van der Waals surface area contributed by atoms with E-state index in [0.717, 1.165) is 0 Å². The van der Waals surface area contributed by atoms with Crippen LogP contribution in [0.25, 0.3) is 0 Å². The third-order valence-electron chi connectivity index (χ3n) is 2.12. The van der Waals surface area contributed by atoms with Crippen molar-refractivity contribution in [1.82, 2.24) is 0 Å². The molecule has 0 aromatic heterocycles. The number of rotatable bonds is 3. The second-order valence-corrected chi connectivity index (χ2v) is 4.32. The molecule has 0 fully saturated rings. The highest BCUT2D eigenvalue weighted by Crippen LogP contribution is 2.29. The maximum Gasteiger partial charge on any atom is 0.327 e. The van der Waals surface area contributed by atoms with Gasteiger partial charge in [0.2, 0.25) is 0 Å². The summed E-state index contributed by atoms with van der Waals surface area (Å²) in [4.78, 5) is 22.3. The lowest BCUT2D eigenvalue weighted by Gasteiger charge is -2.27. The smallest absolute Gasteiger partial charge is 0.327 e. The number of nitrogens with two attached hydrogens (primary N) is 1. The van der Waals surface area contributed by atoms with E-state index >= 15 is 0 Å². The summed E-state index contributed by atoms with van der Waals surface area (Å²) in [5, 5.41) is 0. The van der Waals surface area contributed by atoms with Crippen LogP contribution in [0.2, 0.25) is 0 Å². The van der Waals surface area contributed by atoms with Gasteiger partial charge in [0.25, 0.3) is 0 Å². The molecular weight excluding hydrogens is 182 g/mol. The molecule has 14 heavy (non-hydrogen) atoms. The molecule has 1 atom stereocenters. The number of ether oxygens (including phenoxy) is 1. The summed E-state index contributed by atoms with van der Waals surface area (Å²) in [6.45, 7) is 7.45. The van der Waals surface area contributed by atoms with E-state index in [2.05, 4.69) is 4.74 Å². The van der Waals surface area contributed by atoms with Gasteiger partial charge in [-0.25, -0.2) is 0 Å². The molecule has 2 N–H and O–H groups in total. The first-order valence-electron chi connectivity index (χ1n) is 4.77. The van der Waals surface area contributed by atoms with Crippen molar-refractivity contribution < 1.29 is 14.3 Å². The summed E-state index contributed by atoms with van der Waals surface area (Å²) < 4.78 is 4.58. The van der Waals surface area contributed by atoms with E-state index in [4.69, 9.17) is 5.73 Å². The van der Waals surface area contributed by atoms with E-state index in [9.17, 15) is 9.59 Å². The van der Waals surface area contributed by atoms with Gasteiger partial charge in [-0.1, -0.05) is 27.7 Å². The fraction of sp³-hybridized carbons (Fsp3) is 0.800. The Bertz CT molecular complexity index is 218. The van der Waals surface area contributed by atoms with Crippen LogP contribution in [0.1, 0.15) is 34.1 Å². The van der Waals surface area contributed by atoms with Crippen LogP contribution >= 0.6 is 0 Å². The largest absolute Gasteiger partial charge is 0.392 e. The monoisotopic (exact) mass is 201 g/mol. The van der Waals surface area contributed by atoms with Gasteiger partial charge in [-0.15, -0.1) is 0 Å². The summed E-state index contributed by atoms with van der Waals surface area (Å²) in [6.07, 6.45) is 0.653. The highest BCUT2D eigenvalue weighted by molar-refractivity contribution is 5.87. The molecular formula is C10H19NO3. The fourth-order valence-electron chi connectivity index (χ4n) is 1.36. The molecule has 0 amide bonds. The molecule has 0 bridgehead atoms. The Morgan fingerprint density at radius 2 is 1.86 bits per heavy atom. The van der Waals surface area contributed by atoms with Gasteiger partial charge >= 0.3 is 11.9 Å². The predicted molar refractivity (Wildman–Crippen MR) is 53.4 cm³/mol. The molecule has 0 aliphatic rings. The normalized spacial score (nSPS) is 13.5. The van der Waals surface area contributed by atoms with Gasteiger partial charge < -0.3 is 10.5 Å². The molecule has 0 aliphatic heterocycles. The molecule has 0 heterocycles. The van der Waals surface area contributed by atoms with Crippen molar-refractivity contribution in [3.8, 4) is 0 Å². The van der Waals surface area contributed by atoms with Gasteiger partial charge in [0.1, 0.15) is 0 Å². The van der Waals surface area contributed by atoms with E-state index in [1.54, 1.807) is 0 Å². The molecule has 82 valence electrons. The van der Waals surface area contributed by atoms with Gasteiger partial charge in [0, 0.05) is 0 Å². The van der Waals surface area contributed by atoms with E-state index in [1.807, 2.05) is 27.7 Å². The van der Waals surface area contributed by atoms with Crippen molar-refractivity contribution in [2.24, 2.45) is 17.1 Å². The van der Waals surface area contributed by atoms with Gasteiger partial charge in [-0.05, 0) is 11.8 Å². The van der Waals surface area contributed by atoms with Crippen LogP contribution in [-0.4, -0.2) is 18.5 Å². The zero-order valence-corrected chi connectivity index (χ0v) is 9.29.